The molecule has 6 heteroatoms. The summed E-state index contributed by atoms with van der Waals surface area (Å²) in [5.74, 6) is 1.85. The highest BCUT2D eigenvalue weighted by molar-refractivity contribution is 7.20. The molecule has 3 aromatic heterocycles. The summed E-state index contributed by atoms with van der Waals surface area (Å²) in [6.45, 7) is 6.85. The first-order valence-electron chi connectivity index (χ1n) is 17.3. The van der Waals surface area contributed by atoms with Crippen molar-refractivity contribution >= 4 is 60.3 Å². The fourth-order valence-corrected chi connectivity index (χ4v) is 7.80. The summed E-state index contributed by atoms with van der Waals surface area (Å²) >= 11 is 1.69. The van der Waals surface area contributed by atoms with Crippen molar-refractivity contribution < 1.29 is 4.42 Å². The highest BCUT2D eigenvalue weighted by Gasteiger charge is 2.22. The zero-order valence-corrected chi connectivity index (χ0v) is 29.3. The van der Waals surface area contributed by atoms with Crippen LogP contribution in [0.5, 0.6) is 0 Å². The zero-order valence-electron chi connectivity index (χ0n) is 28.5. The maximum Gasteiger partial charge on any atom is 0.164 e. The molecule has 5 nitrogen and oxygen atoms in total. The van der Waals surface area contributed by atoms with E-state index < -0.39 is 0 Å². The summed E-state index contributed by atoms with van der Waals surface area (Å²) < 4.78 is 7.57. The molecule has 0 bridgehead atoms. The third-order valence-corrected chi connectivity index (χ3v) is 10.5. The van der Waals surface area contributed by atoms with Crippen molar-refractivity contribution in [2.45, 2.75) is 13.3 Å². The topological polar surface area (TPSA) is 64.2 Å². The summed E-state index contributed by atoms with van der Waals surface area (Å²) in [5, 5.41) is 3.17. The maximum absolute atomic E-state index is 6.47. The molecular weight excluding hydrogens is 657 g/mol. The van der Waals surface area contributed by atoms with Gasteiger partial charge in [-0.25, -0.2) is 15.0 Å². The number of hydrogen-bond donors (Lipinski definition) is 0. The van der Waals surface area contributed by atoms with Crippen molar-refractivity contribution in [3.05, 3.63) is 174 Å². The predicted octanol–water partition coefficient (Wildman–Crippen LogP) is 12.6. The van der Waals surface area contributed by atoms with E-state index in [-0.39, 0.29) is 0 Å². The van der Waals surface area contributed by atoms with Gasteiger partial charge in [0.1, 0.15) is 11.2 Å². The molecular formula is C46H32N4OS. The Morgan fingerprint density at radius 1 is 0.615 bits per heavy atom. The standard InChI is InChI=1S/C46H32N4OS/c1-3-38(30-16-7-4-8-17-30)47-41-37-28-33(46-49-44(31-18-9-5-10-19-31)48-45(50-46)32-20-11-6-12-21-32)26-27-40(37)52-43(41)29(2)34-23-15-24-36-35-22-13-14-25-39(35)51-42(34)36/h4-28H,2-3H2,1H3. The number of aromatic nitrogens is 3. The number of rotatable bonds is 8. The quantitative estimate of drug-likeness (QED) is 0.149. The van der Waals surface area contributed by atoms with Gasteiger partial charge in [0.25, 0.3) is 0 Å². The average Bonchev–Trinajstić information content (AvgIpc) is 3.78. The van der Waals surface area contributed by atoms with Crippen molar-refractivity contribution in [2.75, 3.05) is 0 Å². The average molecular weight is 689 g/mol. The van der Waals surface area contributed by atoms with E-state index in [9.17, 15) is 0 Å². The van der Waals surface area contributed by atoms with Gasteiger partial charge in [-0.1, -0.05) is 141 Å². The normalized spacial score (nSPS) is 11.8. The number of thiophene rings is 1. The van der Waals surface area contributed by atoms with Crippen molar-refractivity contribution in [1.82, 2.24) is 15.0 Å². The van der Waals surface area contributed by atoms with Gasteiger partial charge in [-0.2, -0.15) is 0 Å². The van der Waals surface area contributed by atoms with Gasteiger partial charge in [0, 0.05) is 48.8 Å². The van der Waals surface area contributed by atoms with Crippen LogP contribution in [0.25, 0.3) is 71.8 Å². The molecule has 52 heavy (non-hydrogen) atoms. The van der Waals surface area contributed by atoms with Gasteiger partial charge in [-0.15, -0.1) is 11.3 Å². The first kappa shape index (κ1) is 31.5. The van der Waals surface area contributed by atoms with E-state index in [2.05, 4.69) is 73.7 Å². The van der Waals surface area contributed by atoms with Crippen LogP contribution in [-0.2, 0) is 0 Å². The minimum absolute atomic E-state index is 0.599. The van der Waals surface area contributed by atoms with Gasteiger partial charge in [0.15, 0.2) is 17.5 Å². The lowest BCUT2D eigenvalue weighted by Gasteiger charge is -2.10. The van der Waals surface area contributed by atoms with Gasteiger partial charge in [0.05, 0.1) is 10.6 Å². The second kappa shape index (κ2) is 13.3. The smallest absolute Gasteiger partial charge is 0.164 e. The Hall–Kier alpha value is -6.50. The number of nitrogens with zero attached hydrogens (tertiary/aromatic N) is 4. The second-order valence-electron chi connectivity index (χ2n) is 12.6. The molecule has 0 radical (unpaired) electrons. The number of benzene rings is 6. The van der Waals surface area contributed by atoms with Gasteiger partial charge >= 0.3 is 0 Å². The molecule has 9 aromatic rings. The van der Waals surface area contributed by atoms with Gasteiger partial charge < -0.3 is 4.42 Å². The van der Waals surface area contributed by atoms with Crippen molar-refractivity contribution in [3.8, 4) is 34.2 Å². The third-order valence-electron chi connectivity index (χ3n) is 9.31. The highest BCUT2D eigenvalue weighted by atomic mass is 32.1. The van der Waals surface area contributed by atoms with Crippen molar-refractivity contribution in [3.63, 3.8) is 0 Å². The van der Waals surface area contributed by atoms with E-state index in [1.54, 1.807) is 11.3 Å². The fourth-order valence-electron chi connectivity index (χ4n) is 6.70. The van der Waals surface area contributed by atoms with Gasteiger partial charge in [-0.3, -0.25) is 4.99 Å². The number of hydrogen-bond acceptors (Lipinski definition) is 6. The third kappa shape index (κ3) is 5.69. The van der Waals surface area contributed by atoms with E-state index in [1.807, 2.05) is 84.9 Å². The first-order chi connectivity index (χ1) is 25.6. The molecule has 0 atom stereocenters. The number of furan rings is 1. The Labute approximate surface area is 305 Å². The lowest BCUT2D eigenvalue weighted by molar-refractivity contribution is 0.668. The number of para-hydroxylation sites is 2. The highest BCUT2D eigenvalue weighted by Crippen LogP contribution is 2.46. The SMILES string of the molecule is C=C(c1sc2ccc(-c3nc(-c4ccccc4)nc(-c4ccccc4)n3)cc2c1N=C(CC)c1ccccc1)c1cccc2c1oc1ccccc12. The molecule has 0 saturated carbocycles. The predicted molar refractivity (Wildman–Crippen MR) is 216 cm³/mol. The van der Waals surface area contributed by atoms with Crippen LogP contribution < -0.4 is 0 Å². The van der Waals surface area contributed by atoms with Crippen LogP contribution in [0, 0.1) is 0 Å². The molecule has 6 aromatic carbocycles. The Morgan fingerprint density at radius 2 is 1.21 bits per heavy atom. The Balaban J connectivity index is 1.26. The lowest BCUT2D eigenvalue weighted by atomic mass is 10.0. The van der Waals surface area contributed by atoms with Crippen LogP contribution >= 0.6 is 11.3 Å². The Bertz CT molecular complexity index is 2730. The Morgan fingerprint density at radius 3 is 1.88 bits per heavy atom. The maximum atomic E-state index is 6.47. The summed E-state index contributed by atoms with van der Waals surface area (Å²) in [6.07, 6.45) is 0.764. The van der Waals surface area contributed by atoms with Crippen LogP contribution in [0.2, 0.25) is 0 Å². The van der Waals surface area contributed by atoms with Gasteiger partial charge in [0.2, 0.25) is 0 Å². The van der Waals surface area contributed by atoms with Crippen LogP contribution in [0.15, 0.2) is 168 Å². The Kier molecular flexibility index (Phi) is 8.07. The van der Waals surface area contributed by atoms with E-state index >= 15 is 0 Å². The minimum atomic E-state index is 0.599. The second-order valence-corrected chi connectivity index (χ2v) is 13.6. The van der Waals surface area contributed by atoms with E-state index in [0.29, 0.717) is 17.5 Å². The molecule has 0 aliphatic heterocycles. The van der Waals surface area contributed by atoms with Crippen molar-refractivity contribution in [1.29, 1.82) is 0 Å². The molecule has 0 aliphatic rings. The van der Waals surface area contributed by atoms with Crippen LogP contribution in [0.4, 0.5) is 5.69 Å². The lowest BCUT2D eigenvalue weighted by Crippen LogP contribution is -2.00. The molecule has 9 rings (SSSR count). The zero-order chi connectivity index (χ0) is 35.0. The molecule has 0 N–H and O–H groups in total. The van der Waals surface area contributed by atoms with E-state index in [0.717, 1.165) is 88.1 Å². The summed E-state index contributed by atoms with van der Waals surface area (Å²) in [6, 6.07) is 51.3. The molecule has 0 spiro atoms. The molecule has 0 aliphatic carbocycles. The fraction of sp³-hybridized carbons (Fsp3) is 0.0435. The first-order valence-corrected chi connectivity index (χ1v) is 18.1. The molecule has 0 saturated heterocycles. The van der Waals surface area contributed by atoms with Crippen LogP contribution in [0.3, 0.4) is 0 Å². The summed E-state index contributed by atoms with van der Waals surface area (Å²) in [7, 11) is 0. The van der Waals surface area contributed by atoms with E-state index in [4.69, 9.17) is 30.9 Å². The van der Waals surface area contributed by atoms with Crippen LogP contribution in [-0.4, -0.2) is 20.7 Å². The molecule has 3 heterocycles. The summed E-state index contributed by atoms with van der Waals surface area (Å²) in [4.78, 5) is 21.4. The molecule has 0 fully saturated rings. The minimum Gasteiger partial charge on any atom is -0.455 e. The molecule has 0 unspecified atom stereocenters. The van der Waals surface area contributed by atoms with E-state index in [1.165, 1.54) is 0 Å². The monoisotopic (exact) mass is 688 g/mol. The van der Waals surface area contributed by atoms with Crippen LogP contribution in [0.1, 0.15) is 29.3 Å². The van der Waals surface area contributed by atoms with Gasteiger partial charge in [-0.05, 0) is 41.8 Å². The summed E-state index contributed by atoms with van der Waals surface area (Å²) in [5.41, 5.74) is 9.21. The largest absolute Gasteiger partial charge is 0.455 e. The number of fused-ring (bicyclic) bond motifs is 4. The van der Waals surface area contributed by atoms with Crippen molar-refractivity contribution in [2.24, 2.45) is 4.99 Å². The molecule has 248 valence electrons. The number of aliphatic imine (C=N–C) groups is 1. The molecule has 0 amide bonds.